The van der Waals surface area contributed by atoms with Crippen LogP contribution >= 0.6 is 0 Å². The lowest BCUT2D eigenvalue weighted by Gasteiger charge is -2.18. The molecule has 4 nitrogen and oxygen atoms in total. The Balaban J connectivity index is 2.21. The lowest BCUT2D eigenvalue weighted by molar-refractivity contribution is -0.253. The van der Waals surface area contributed by atoms with Gasteiger partial charge in [0.15, 0.2) is 0 Å². The van der Waals surface area contributed by atoms with Gasteiger partial charge in [-0.25, -0.2) is 4.99 Å². The van der Waals surface area contributed by atoms with Crippen molar-refractivity contribution in [1.82, 2.24) is 4.90 Å². The third kappa shape index (κ3) is 5.61. The van der Waals surface area contributed by atoms with Crippen LogP contribution in [-0.2, 0) is 0 Å². The Kier molecular flexibility index (Phi) is 6.88. The van der Waals surface area contributed by atoms with E-state index in [0.717, 1.165) is 29.0 Å². The van der Waals surface area contributed by atoms with Gasteiger partial charge in [-0.3, -0.25) is 0 Å². The van der Waals surface area contributed by atoms with E-state index in [1.165, 1.54) is 18.2 Å². The Morgan fingerprint density at radius 2 is 1.89 bits per heavy atom. The van der Waals surface area contributed by atoms with Gasteiger partial charge in [0.25, 0.3) is 0 Å². The van der Waals surface area contributed by atoms with E-state index in [0.29, 0.717) is 5.69 Å². The van der Waals surface area contributed by atoms with E-state index in [9.17, 15) is 17.6 Å². The molecule has 2 aromatic carbocycles. The van der Waals surface area contributed by atoms with Crippen LogP contribution in [0, 0.1) is 13.8 Å². The fourth-order valence-electron chi connectivity index (χ4n) is 2.31. The Bertz CT molecular complexity index is 840. The molecule has 8 heteroatoms. The predicted molar refractivity (Wildman–Crippen MR) is 104 cm³/mol. The molecule has 0 spiro atoms. The number of alkyl halides is 4. The molecule has 152 valence electrons. The number of nitrogens with zero attached hydrogens (tertiary/aromatic N) is 2. The first-order valence-corrected chi connectivity index (χ1v) is 8.70. The van der Waals surface area contributed by atoms with E-state index < -0.39 is 12.5 Å². The molecule has 0 saturated carbocycles. The van der Waals surface area contributed by atoms with Crippen molar-refractivity contribution < 1.29 is 22.3 Å². The zero-order valence-electron chi connectivity index (χ0n) is 16.1. The van der Waals surface area contributed by atoms with Gasteiger partial charge in [-0.2, -0.15) is 17.6 Å². The van der Waals surface area contributed by atoms with E-state index in [1.54, 1.807) is 12.4 Å². The topological polar surface area (TPSA) is 36.9 Å². The standard InChI is InChI=1S/C20H23F4N3O/c1-5-27(4)12-25-17-9-14(3)18(10-13(17)2)26-15-7-6-8-16(11-15)28-20(23,24)19(21)22/h6-12,19,26H,5H2,1-4H3/b25-12-. The summed E-state index contributed by atoms with van der Waals surface area (Å²) in [6.07, 6.45) is -6.70. The average molecular weight is 397 g/mol. The number of ether oxygens (including phenoxy) is 1. The van der Waals surface area contributed by atoms with Crippen molar-refractivity contribution in [3.05, 3.63) is 47.5 Å². The molecule has 0 aliphatic rings. The highest BCUT2D eigenvalue weighted by atomic mass is 19.3. The van der Waals surface area contributed by atoms with E-state index >= 15 is 0 Å². The van der Waals surface area contributed by atoms with Crippen LogP contribution in [0.5, 0.6) is 5.75 Å². The first kappa shape index (κ1) is 21.5. The van der Waals surface area contributed by atoms with Gasteiger partial charge in [0.2, 0.25) is 0 Å². The number of aryl methyl sites for hydroxylation is 2. The van der Waals surface area contributed by atoms with Crippen molar-refractivity contribution in [3.8, 4) is 5.75 Å². The molecule has 0 atom stereocenters. The number of aliphatic imine (C=N–C) groups is 1. The molecule has 0 unspecified atom stereocenters. The molecule has 0 saturated heterocycles. The van der Waals surface area contributed by atoms with Crippen molar-refractivity contribution >= 4 is 23.4 Å². The van der Waals surface area contributed by atoms with Gasteiger partial charge in [-0.15, -0.1) is 0 Å². The number of halogens is 4. The zero-order valence-corrected chi connectivity index (χ0v) is 16.1. The number of benzene rings is 2. The number of hydrogen-bond acceptors (Lipinski definition) is 3. The zero-order chi connectivity index (χ0) is 20.9. The van der Waals surface area contributed by atoms with Gasteiger partial charge in [-0.05, 0) is 56.2 Å². The first-order chi connectivity index (χ1) is 13.1. The second-order valence-electron chi connectivity index (χ2n) is 6.39. The van der Waals surface area contributed by atoms with Gasteiger partial charge in [0.05, 0.1) is 12.0 Å². The minimum Gasteiger partial charge on any atom is -0.428 e. The molecule has 1 N–H and O–H groups in total. The molecule has 0 aliphatic heterocycles. The predicted octanol–water partition coefficient (Wildman–Crippen LogP) is 5.90. The van der Waals surface area contributed by atoms with Crippen molar-refractivity contribution in [2.75, 3.05) is 18.9 Å². The molecule has 0 heterocycles. The van der Waals surface area contributed by atoms with Gasteiger partial charge >= 0.3 is 12.5 Å². The summed E-state index contributed by atoms with van der Waals surface area (Å²) in [5, 5.41) is 3.10. The lowest BCUT2D eigenvalue weighted by Crippen LogP contribution is -2.33. The molecule has 0 amide bonds. The summed E-state index contributed by atoms with van der Waals surface area (Å²) < 4.78 is 55.0. The quantitative estimate of drug-likeness (QED) is 0.343. The molecule has 0 aromatic heterocycles. The molecule has 2 rings (SSSR count). The Hall–Kier alpha value is -2.77. The molecule has 0 radical (unpaired) electrons. The van der Waals surface area contributed by atoms with E-state index in [4.69, 9.17) is 0 Å². The maximum atomic E-state index is 13.1. The second-order valence-corrected chi connectivity index (χ2v) is 6.39. The summed E-state index contributed by atoms with van der Waals surface area (Å²) in [6, 6.07) is 9.30. The van der Waals surface area contributed by atoms with Crippen LogP contribution in [0.15, 0.2) is 41.4 Å². The van der Waals surface area contributed by atoms with Gasteiger partial charge < -0.3 is 15.0 Å². The van der Waals surface area contributed by atoms with E-state index in [1.807, 2.05) is 44.9 Å². The average Bonchev–Trinajstić information content (AvgIpc) is 2.62. The summed E-state index contributed by atoms with van der Waals surface area (Å²) in [5.74, 6) is -0.353. The van der Waals surface area contributed by atoms with Crippen LogP contribution in [-0.4, -0.2) is 37.4 Å². The second kappa shape index (κ2) is 8.95. The summed E-state index contributed by atoms with van der Waals surface area (Å²) in [7, 11) is 1.92. The van der Waals surface area contributed by atoms with Crippen molar-refractivity contribution in [1.29, 1.82) is 0 Å². The SMILES string of the molecule is CCN(C)/C=N\c1cc(C)c(Nc2cccc(OC(F)(F)C(F)F)c2)cc1C. The number of hydrogen-bond donors (Lipinski definition) is 1. The molecule has 2 aromatic rings. The van der Waals surface area contributed by atoms with Crippen LogP contribution in [0.1, 0.15) is 18.1 Å². The maximum absolute atomic E-state index is 13.1. The number of rotatable bonds is 8. The van der Waals surface area contributed by atoms with Crippen LogP contribution in [0.25, 0.3) is 0 Å². The lowest BCUT2D eigenvalue weighted by atomic mass is 10.1. The highest BCUT2D eigenvalue weighted by Gasteiger charge is 2.43. The molecule has 28 heavy (non-hydrogen) atoms. The fourth-order valence-corrected chi connectivity index (χ4v) is 2.31. The Morgan fingerprint density at radius 1 is 1.18 bits per heavy atom. The van der Waals surface area contributed by atoms with Crippen molar-refractivity contribution in [3.63, 3.8) is 0 Å². The molecule has 0 bridgehead atoms. The summed E-state index contributed by atoms with van der Waals surface area (Å²) in [4.78, 5) is 6.40. The summed E-state index contributed by atoms with van der Waals surface area (Å²) >= 11 is 0. The highest BCUT2D eigenvalue weighted by Crippen LogP contribution is 2.32. The monoisotopic (exact) mass is 397 g/mol. The smallest absolute Gasteiger partial charge is 0.428 e. The van der Waals surface area contributed by atoms with Crippen molar-refractivity contribution in [2.24, 2.45) is 4.99 Å². The minimum absolute atomic E-state index is 0.353. The third-order valence-electron chi connectivity index (χ3n) is 4.06. The van der Waals surface area contributed by atoms with Gasteiger partial charge in [-0.1, -0.05) is 6.07 Å². The first-order valence-electron chi connectivity index (χ1n) is 8.70. The third-order valence-corrected chi connectivity index (χ3v) is 4.06. The fraction of sp³-hybridized carbons (Fsp3) is 0.350. The highest BCUT2D eigenvalue weighted by molar-refractivity contribution is 5.71. The number of anilines is 2. The van der Waals surface area contributed by atoms with Gasteiger partial charge in [0, 0.05) is 31.0 Å². The van der Waals surface area contributed by atoms with Crippen LogP contribution in [0.2, 0.25) is 0 Å². The van der Waals surface area contributed by atoms with Crippen LogP contribution in [0.4, 0.5) is 34.6 Å². The summed E-state index contributed by atoms with van der Waals surface area (Å²) in [6.45, 7) is 6.65. The molecule has 0 aliphatic carbocycles. The number of nitrogens with one attached hydrogen (secondary N) is 1. The van der Waals surface area contributed by atoms with Crippen LogP contribution < -0.4 is 10.1 Å². The summed E-state index contributed by atoms with van der Waals surface area (Å²) in [5.41, 5.74) is 3.81. The van der Waals surface area contributed by atoms with E-state index in [2.05, 4.69) is 15.0 Å². The normalized spacial score (nSPS) is 11.9. The Labute approximate surface area is 161 Å². The van der Waals surface area contributed by atoms with Gasteiger partial charge in [0.1, 0.15) is 5.75 Å². The van der Waals surface area contributed by atoms with Crippen LogP contribution in [0.3, 0.4) is 0 Å². The largest absolute Gasteiger partial charge is 0.461 e. The molecular formula is C20H23F4N3O. The Morgan fingerprint density at radius 3 is 2.54 bits per heavy atom. The molecular weight excluding hydrogens is 374 g/mol. The maximum Gasteiger partial charge on any atom is 0.461 e. The van der Waals surface area contributed by atoms with Crippen molar-refractivity contribution in [2.45, 2.75) is 33.3 Å². The minimum atomic E-state index is -4.55. The molecule has 0 fully saturated rings. The van der Waals surface area contributed by atoms with E-state index in [-0.39, 0.29) is 5.75 Å².